The predicted octanol–water partition coefficient (Wildman–Crippen LogP) is 2.48. The fourth-order valence-corrected chi connectivity index (χ4v) is 1.80. The minimum Gasteiger partial charge on any atom is -0.310 e. The molecule has 1 aromatic rings. The lowest BCUT2D eigenvalue weighted by molar-refractivity contribution is 0.0944. The number of carbonyl (C=O) groups is 1. The van der Waals surface area contributed by atoms with Crippen molar-refractivity contribution in [3.8, 4) is 0 Å². The number of ketones is 1. The van der Waals surface area contributed by atoms with E-state index in [0.29, 0.717) is 0 Å². The van der Waals surface area contributed by atoms with Gasteiger partial charge in [0.2, 0.25) is 0 Å². The summed E-state index contributed by atoms with van der Waals surface area (Å²) in [6.07, 6.45) is 0.822. The van der Waals surface area contributed by atoms with Crippen molar-refractivity contribution in [3.05, 3.63) is 34.9 Å². The second-order valence-corrected chi connectivity index (χ2v) is 3.93. The van der Waals surface area contributed by atoms with Crippen molar-refractivity contribution in [2.75, 3.05) is 7.05 Å². The van der Waals surface area contributed by atoms with Gasteiger partial charge in [-0.2, -0.15) is 0 Å². The maximum atomic E-state index is 12.1. The van der Waals surface area contributed by atoms with Gasteiger partial charge in [0.1, 0.15) is 0 Å². The van der Waals surface area contributed by atoms with Crippen LogP contribution >= 0.6 is 0 Å². The molecule has 0 heterocycles. The highest BCUT2D eigenvalue weighted by Gasteiger charge is 2.17. The number of benzene rings is 1. The summed E-state index contributed by atoms with van der Waals surface area (Å²) >= 11 is 0. The average molecular weight is 205 g/mol. The van der Waals surface area contributed by atoms with Crippen LogP contribution in [0.3, 0.4) is 0 Å². The van der Waals surface area contributed by atoms with E-state index in [1.54, 1.807) is 0 Å². The number of nitrogens with one attached hydrogen (secondary N) is 1. The van der Waals surface area contributed by atoms with Crippen LogP contribution in [0.1, 0.15) is 34.8 Å². The first kappa shape index (κ1) is 11.9. The van der Waals surface area contributed by atoms with Crippen molar-refractivity contribution in [1.82, 2.24) is 5.32 Å². The molecule has 1 atom stereocenters. The molecule has 2 nitrogen and oxygen atoms in total. The normalized spacial score (nSPS) is 12.5. The molecule has 1 unspecified atom stereocenters. The van der Waals surface area contributed by atoms with E-state index in [-0.39, 0.29) is 11.8 Å². The van der Waals surface area contributed by atoms with Crippen LogP contribution in [0, 0.1) is 13.8 Å². The fourth-order valence-electron chi connectivity index (χ4n) is 1.80. The lowest BCUT2D eigenvalue weighted by Gasteiger charge is -2.14. The summed E-state index contributed by atoms with van der Waals surface area (Å²) in [5.74, 6) is 0.192. The summed E-state index contributed by atoms with van der Waals surface area (Å²) in [5, 5.41) is 3.04. The summed E-state index contributed by atoms with van der Waals surface area (Å²) < 4.78 is 0. The molecule has 82 valence electrons. The third kappa shape index (κ3) is 2.66. The van der Waals surface area contributed by atoms with Crippen molar-refractivity contribution < 1.29 is 4.79 Å². The lowest BCUT2D eigenvalue weighted by atomic mass is 9.97. The van der Waals surface area contributed by atoms with Crippen LogP contribution in [0.15, 0.2) is 18.2 Å². The molecular weight excluding hydrogens is 186 g/mol. The van der Waals surface area contributed by atoms with E-state index < -0.39 is 0 Å². The molecule has 0 spiro atoms. The van der Waals surface area contributed by atoms with Gasteiger partial charge in [-0.05, 0) is 32.9 Å². The second-order valence-electron chi connectivity index (χ2n) is 3.93. The van der Waals surface area contributed by atoms with Crippen molar-refractivity contribution in [1.29, 1.82) is 0 Å². The molecular formula is C13H19NO. The van der Waals surface area contributed by atoms with Gasteiger partial charge in [0.15, 0.2) is 5.78 Å². The van der Waals surface area contributed by atoms with Gasteiger partial charge >= 0.3 is 0 Å². The molecule has 1 N–H and O–H groups in total. The number of carbonyl (C=O) groups excluding carboxylic acids is 1. The van der Waals surface area contributed by atoms with Crippen LogP contribution in [-0.4, -0.2) is 18.9 Å². The maximum absolute atomic E-state index is 12.1. The Morgan fingerprint density at radius 2 is 2.07 bits per heavy atom. The van der Waals surface area contributed by atoms with Gasteiger partial charge in [-0.25, -0.2) is 0 Å². The first-order valence-corrected chi connectivity index (χ1v) is 5.38. The van der Waals surface area contributed by atoms with Gasteiger partial charge in [0.25, 0.3) is 0 Å². The number of Topliss-reactive ketones (excluding diaryl/α,β-unsaturated/α-hetero) is 1. The number of hydrogen-bond donors (Lipinski definition) is 1. The Morgan fingerprint density at radius 3 is 2.53 bits per heavy atom. The number of rotatable bonds is 4. The molecule has 0 radical (unpaired) electrons. The van der Waals surface area contributed by atoms with Gasteiger partial charge in [0, 0.05) is 5.56 Å². The summed E-state index contributed by atoms with van der Waals surface area (Å²) in [6.45, 7) is 6.04. The topological polar surface area (TPSA) is 29.1 Å². The summed E-state index contributed by atoms with van der Waals surface area (Å²) in [5.41, 5.74) is 3.09. The van der Waals surface area contributed by atoms with Crippen LogP contribution in [-0.2, 0) is 0 Å². The Bertz CT molecular complexity index is 354. The molecule has 0 bridgehead atoms. The zero-order chi connectivity index (χ0) is 11.4. The quantitative estimate of drug-likeness (QED) is 0.765. The van der Waals surface area contributed by atoms with Crippen LogP contribution in [0.4, 0.5) is 0 Å². The molecule has 0 aliphatic rings. The largest absolute Gasteiger partial charge is 0.310 e. The van der Waals surface area contributed by atoms with E-state index in [4.69, 9.17) is 0 Å². The van der Waals surface area contributed by atoms with Crippen LogP contribution < -0.4 is 5.32 Å². The van der Waals surface area contributed by atoms with E-state index in [0.717, 1.165) is 17.5 Å². The van der Waals surface area contributed by atoms with E-state index in [9.17, 15) is 4.79 Å². The Kier molecular flexibility index (Phi) is 4.04. The molecule has 0 fully saturated rings. The third-order valence-electron chi connectivity index (χ3n) is 2.72. The number of aryl methyl sites for hydroxylation is 2. The molecule has 1 aromatic carbocycles. The highest BCUT2D eigenvalue weighted by molar-refractivity contribution is 6.01. The molecule has 2 heteroatoms. The zero-order valence-corrected chi connectivity index (χ0v) is 9.92. The SMILES string of the molecule is CCC(NC)C(=O)c1ccc(C)cc1C. The van der Waals surface area contributed by atoms with Gasteiger partial charge in [-0.3, -0.25) is 4.79 Å². The van der Waals surface area contributed by atoms with Crippen molar-refractivity contribution >= 4 is 5.78 Å². The van der Waals surface area contributed by atoms with Gasteiger partial charge in [0.05, 0.1) is 6.04 Å². The van der Waals surface area contributed by atoms with E-state index >= 15 is 0 Å². The van der Waals surface area contributed by atoms with E-state index in [2.05, 4.69) is 11.4 Å². The van der Waals surface area contributed by atoms with Gasteiger partial charge < -0.3 is 5.32 Å². The van der Waals surface area contributed by atoms with E-state index in [1.807, 2.05) is 40.0 Å². The number of likely N-dealkylation sites (N-methyl/N-ethyl adjacent to an activating group) is 1. The maximum Gasteiger partial charge on any atom is 0.179 e. The molecule has 0 saturated carbocycles. The Balaban J connectivity index is 3.00. The highest BCUT2D eigenvalue weighted by Crippen LogP contribution is 2.13. The summed E-state index contributed by atoms with van der Waals surface area (Å²) in [6, 6.07) is 5.90. The van der Waals surface area contributed by atoms with Crippen molar-refractivity contribution in [3.63, 3.8) is 0 Å². The van der Waals surface area contributed by atoms with E-state index in [1.165, 1.54) is 5.56 Å². The number of hydrogen-bond acceptors (Lipinski definition) is 2. The smallest absolute Gasteiger partial charge is 0.179 e. The molecule has 0 aliphatic heterocycles. The summed E-state index contributed by atoms with van der Waals surface area (Å²) in [4.78, 5) is 12.1. The first-order valence-electron chi connectivity index (χ1n) is 5.38. The fraction of sp³-hybridized carbons (Fsp3) is 0.462. The zero-order valence-electron chi connectivity index (χ0n) is 9.92. The van der Waals surface area contributed by atoms with Crippen molar-refractivity contribution in [2.45, 2.75) is 33.2 Å². The van der Waals surface area contributed by atoms with Crippen LogP contribution in [0.25, 0.3) is 0 Å². The van der Waals surface area contributed by atoms with Gasteiger partial charge in [-0.15, -0.1) is 0 Å². The minimum absolute atomic E-state index is 0.0635. The molecule has 1 rings (SSSR count). The minimum atomic E-state index is -0.0635. The van der Waals surface area contributed by atoms with Crippen molar-refractivity contribution in [2.24, 2.45) is 0 Å². The molecule has 0 aromatic heterocycles. The Hall–Kier alpha value is -1.15. The average Bonchev–Trinajstić information content (AvgIpc) is 2.19. The molecule has 0 aliphatic carbocycles. The predicted molar refractivity (Wildman–Crippen MR) is 63.4 cm³/mol. The van der Waals surface area contributed by atoms with Gasteiger partial charge in [-0.1, -0.05) is 30.7 Å². The standard InChI is InChI=1S/C13H19NO/c1-5-12(14-4)13(15)11-7-6-9(2)8-10(11)3/h6-8,12,14H,5H2,1-4H3. The molecule has 15 heavy (non-hydrogen) atoms. The summed E-state index contributed by atoms with van der Waals surface area (Å²) in [7, 11) is 1.83. The molecule has 0 saturated heterocycles. The van der Waals surface area contributed by atoms with Crippen LogP contribution in [0.2, 0.25) is 0 Å². The second kappa shape index (κ2) is 5.08. The lowest BCUT2D eigenvalue weighted by Crippen LogP contribution is -2.33. The van der Waals surface area contributed by atoms with Crippen LogP contribution in [0.5, 0.6) is 0 Å². The third-order valence-corrected chi connectivity index (χ3v) is 2.72. The highest BCUT2D eigenvalue weighted by atomic mass is 16.1. The monoisotopic (exact) mass is 205 g/mol. The Labute approximate surface area is 91.7 Å². The Morgan fingerprint density at radius 1 is 1.40 bits per heavy atom. The molecule has 0 amide bonds. The first-order chi connectivity index (χ1) is 7.10.